The number of hydrogen-bond donors (Lipinski definition) is 2. The van der Waals surface area contributed by atoms with Crippen molar-refractivity contribution in [3.8, 4) is 0 Å². The van der Waals surface area contributed by atoms with Gasteiger partial charge < -0.3 is 15.1 Å². The molecule has 2 heterocycles. The average Bonchev–Trinajstić information content (AvgIpc) is 2.84. The Morgan fingerprint density at radius 3 is 2.50 bits per heavy atom. The van der Waals surface area contributed by atoms with Crippen LogP contribution in [0.4, 0.5) is 4.79 Å². The molecule has 0 spiro atoms. The summed E-state index contributed by atoms with van der Waals surface area (Å²) >= 11 is 0. The zero-order chi connectivity index (χ0) is 16.1. The number of pyridine rings is 1. The SMILES string of the molecule is CC[C@H](NC(=O)N[C@H](C)c1cc(C)oc1C)c1ccncc1. The molecule has 2 amide bonds. The molecule has 0 bridgehead atoms. The van der Waals surface area contributed by atoms with E-state index in [9.17, 15) is 4.79 Å². The van der Waals surface area contributed by atoms with Gasteiger partial charge in [-0.15, -0.1) is 0 Å². The predicted octanol–water partition coefficient (Wildman–Crippen LogP) is 3.80. The third-order valence-electron chi connectivity index (χ3n) is 3.72. The molecule has 0 saturated carbocycles. The molecule has 2 aromatic rings. The number of furan rings is 1. The lowest BCUT2D eigenvalue weighted by Gasteiger charge is -2.20. The van der Waals surface area contributed by atoms with E-state index >= 15 is 0 Å². The molecular formula is C17H23N3O2. The van der Waals surface area contributed by atoms with Gasteiger partial charge >= 0.3 is 6.03 Å². The minimum atomic E-state index is -0.186. The number of aromatic nitrogens is 1. The monoisotopic (exact) mass is 301 g/mol. The molecule has 22 heavy (non-hydrogen) atoms. The molecule has 0 aliphatic rings. The van der Waals surface area contributed by atoms with Crippen LogP contribution < -0.4 is 10.6 Å². The Hall–Kier alpha value is -2.30. The van der Waals surface area contributed by atoms with Crippen molar-refractivity contribution in [1.29, 1.82) is 0 Å². The Kier molecular flexibility index (Phi) is 5.20. The first-order valence-corrected chi connectivity index (χ1v) is 7.55. The first-order valence-electron chi connectivity index (χ1n) is 7.55. The molecule has 0 aromatic carbocycles. The second-order valence-electron chi connectivity index (χ2n) is 5.45. The van der Waals surface area contributed by atoms with E-state index in [1.54, 1.807) is 12.4 Å². The van der Waals surface area contributed by atoms with Crippen molar-refractivity contribution in [2.75, 3.05) is 0 Å². The van der Waals surface area contributed by atoms with Crippen LogP contribution in [-0.2, 0) is 0 Å². The fourth-order valence-electron chi connectivity index (χ4n) is 2.57. The Bertz CT molecular complexity index is 622. The lowest BCUT2D eigenvalue weighted by atomic mass is 10.1. The van der Waals surface area contributed by atoms with Gasteiger partial charge in [0.2, 0.25) is 0 Å². The molecular weight excluding hydrogens is 278 g/mol. The van der Waals surface area contributed by atoms with Gasteiger partial charge in [0.25, 0.3) is 0 Å². The molecule has 0 unspecified atom stereocenters. The maximum absolute atomic E-state index is 12.2. The quantitative estimate of drug-likeness (QED) is 0.882. The molecule has 118 valence electrons. The third kappa shape index (κ3) is 3.87. The highest BCUT2D eigenvalue weighted by Gasteiger charge is 2.17. The second kappa shape index (κ2) is 7.11. The van der Waals surface area contributed by atoms with Gasteiger partial charge in [0.05, 0.1) is 12.1 Å². The Morgan fingerprint density at radius 1 is 1.27 bits per heavy atom. The number of amides is 2. The molecule has 2 atom stereocenters. The number of carbonyl (C=O) groups is 1. The summed E-state index contributed by atoms with van der Waals surface area (Å²) in [5, 5.41) is 5.96. The van der Waals surface area contributed by atoms with E-state index in [0.717, 1.165) is 29.1 Å². The van der Waals surface area contributed by atoms with Crippen molar-refractivity contribution >= 4 is 6.03 Å². The minimum absolute atomic E-state index is 0.0256. The first kappa shape index (κ1) is 16.1. The normalized spacial score (nSPS) is 13.5. The number of rotatable bonds is 5. The number of aryl methyl sites for hydroxylation is 2. The summed E-state index contributed by atoms with van der Waals surface area (Å²) in [5.74, 6) is 1.69. The number of hydrogen-bond acceptors (Lipinski definition) is 3. The van der Waals surface area contributed by atoms with Gasteiger partial charge in [-0.25, -0.2) is 4.79 Å². The number of nitrogens with zero attached hydrogens (tertiary/aromatic N) is 1. The number of nitrogens with one attached hydrogen (secondary N) is 2. The summed E-state index contributed by atoms with van der Waals surface area (Å²) in [6, 6.07) is 5.48. The van der Waals surface area contributed by atoms with Gasteiger partial charge in [0.15, 0.2) is 0 Å². The van der Waals surface area contributed by atoms with Crippen LogP contribution in [-0.4, -0.2) is 11.0 Å². The van der Waals surface area contributed by atoms with Gasteiger partial charge in [-0.2, -0.15) is 0 Å². The molecule has 2 rings (SSSR count). The van der Waals surface area contributed by atoms with E-state index in [0.29, 0.717) is 0 Å². The summed E-state index contributed by atoms with van der Waals surface area (Å²) < 4.78 is 5.51. The fraction of sp³-hybridized carbons (Fsp3) is 0.412. The van der Waals surface area contributed by atoms with Crippen LogP contribution in [0.1, 0.15) is 55.0 Å². The Morgan fingerprint density at radius 2 is 1.95 bits per heavy atom. The maximum Gasteiger partial charge on any atom is 0.315 e. The molecule has 2 N–H and O–H groups in total. The predicted molar refractivity (Wildman–Crippen MR) is 85.5 cm³/mol. The largest absolute Gasteiger partial charge is 0.466 e. The van der Waals surface area contributed by atoms with E-state index in [-0.39, 0.29) is 18.1 Å². The van der Waals surface area contributed by atoms with Crippen molar-refractivity contribution in [2.45, 2.75) is 46.2 Å². The van der Waals surface area contributed by atoms with Crippen LogP contribution in [0.3, 0.4) is 0 Å². The molecule has 5 nitrogen and oxygen atoms in total. The molecule has 0 aliphatic carbocycles. The zero-order valence-corrected chi connectivity index (χ0v) is 13.5. The van der Waals surface area contributed by atoms with Gasteiger partial charge in [-0.3, -0.25) is 4.98 Å². The van der Waals surface area contributed by atoms with Crippen LogP contribution in [0.15, 0.2) is 35.0 Å². The molecule has 2 aromatic heterocycles. The summed E-state index contributed by atoms with van der Waals surface area (Å²) in [6.45, 7) is 7.80. The lowest BCUT2D eigenvalue weighted by molar-refractivity contribution is 0.233. The summed E-state index contributed by atoms with van der Waals surface area (Å²) in [7, 11) is 0. The smallest absolute Gasteiger partial charge is 0.315 e. The van der Waals surface area contributed by atoms with Gasteiger partial charge in [0.1, 0.15) is 11.5 Å². The van der Waals surface area contributed by atoms with E-state index in [1.807, 2.05) is 45.9 Å². The summed E-state index contributed by atoms with van der Waals surface area (Å²) in [6.07, 6.45) is 4.28. The topological polar surface area (TPSA) is 67.2 Å². The summed E-state index contributed by atoms with van der Waals surface area (Å²) in [4.78, 5) is 16.2. The van der Waals surface area contributed by atoms with Crippen LogP contribution >= 0.6 is 0 Å². The highest BCUT2D eigenvalue weighted by Crippen LogP contribution is 2.21. The molecule has 0 aliphatic heterocycles. The van der Waals surface area contributed by atoms with E-state index in [1.165, 1.54) is 0 Å². The van der Waals surface area contributed by atoms with Gasteiger partial charge in [-0.1, -0.05) is 6.92 Å². The highest BCUT2D eigenvalue weighted by atomic mass is 16.3. The van der Waals surface area contributed by atoms with E-state index in [2.05, 4.69) is 15.6 Å². The van der Waals surface area contributed by atoms with Crippen LogP contribution in [0, 0.1) is 13.8 Å². The first-order chi connectivity index (χ1) is 10.5. The Balaban J connectivity index is 1.98. The Labute approximate surface area is 131 Å². The minimum Gasteiger partial charge on any atom is -0.466 e. The lowest BCUT2D eigenvalue weighted by Crippen LogP contribution is -2.39. The number of urea groups is 1. The number of carbonyl (C=O) groups excluding carboxylic acids is 1. The van der Waals surface area contributed by atoms with E-state index < -0.39 is 0 Å². The second-order valence-corrected chi connectivity index (χ2v) is 5.45. The van der Waals surface area contributed by atoms with Gasteiger partial charge in [0, 0.05) is 18.0 Å². The summed E-state index contributed by atoms with van der Waals surface area (Å²) in [5.41, 5.74) is 2.06. The maximum atomic E-state index is 12.2. The third-order valence-corrected chi connectivity index (χ3v) is 3.72. The van der Waals surface area contributed by atoms with Crippen LogP contribution in [0.5, 0.6) is 0 Å². The van der Waals surface area contributed by atoms with Crippen LogP contribution in [0.25, 0.3) is 0 Å². The molecule has 0 radical (unpaired) electrons. The van der Waals surface area contributed by atoms with Crippen molar-refractivity contribution in [3.63, 3.8) is 0 Å². The fourth-order valence-corrected chi connectivity index (χ4v) is 2.57. The molecule has 0 saturated heterocycles. The van der Waals surface area contributed by atoms with Crippen molar-refractivity contribution < 1.29 is 9.21 Å². The average molecular weight is 301 g/mol. The van der Waals surface area contributed by atoms with Crippen molar-refractivity contribution in [1.82, 2.24) is 15.6 Å². The molecule has 5 heteroatoms. The van der Waals surface area contributed by atoms with Crippen LogP contribution in [0.2, 0.25) is 0 Å². The standard InChI is InChI=1S/C17H23N3O2/c1-5-16(14-6-8-18-9-7-14)20-17(21)19-12(3)15-10-11(2)22-13(15)4/h6-10,12,16H,5H2,1-4H3,(H2,19,20,21)/t12-,16+/m1/s1. The van der Waals surface area contributed by atoms with Crippen molar-refractivity contribution in [3.05, 3.63) is 53.2 Å². The molecule has 0 fully saturated rings. The van der Waals surface area contributed by atoms with Crippen molar-refractivity contribution in [2.24, 2.45) is 0 Å². The van der Waals surface area contributed by atoms with E-state index in [4.69, 9.17) is 4.42 Å². The zero-order valence-electron chi connectivity index (χ0n) is 13.5. The highest BCUT2D eigenvalue weighted by molar-refractivity contribution is 5.75. The van der Waals surface area contributed by atoms with Gasteiger partial charge in [-0.05, 0) is 51.0 Å².